The molecule has 30 heavy (non-hydrogen) atoms. The molecule has 0 N–H and O–H groups in total. The largest absolute Gasteiger partial charge is 1.00 e. The Kier molecular flexibility index (Phi) is 13.3. The second-order valence-corrected chi connectivity index (χ2v) is 8.83. The van der Waals surface area contributed by atoms with E-state index in [0.29, 0.717) is 11.8 Å². The first-order valence-electron chi connectivity index (χ1n) is 9.52. The van der Waals surface area contributed by atoms with E-state index < -0.39 is 0 Å². The molecule has 160 valence electrons. The molecule has 0 spiro atoms. The summed E-state index contributed by atoms with van der Waals surface area (Å²) in [6, 6.07) is 7.75. The van der Waals surface area contributed by atoms with Crippen molar-refractivity contribution in [3.05, 3.63) is 83.8 Å². The van der Waals surface area contributed by atoms with Crippen molar-refractivity contribution < 1.29 is 53.6 Å². The van der Waals surface area contributed by atoms with Gasteiger partial charge in [-0.05, 0) is 12.1 Å². The number of rotatable bonds is 2. The van der Waals surface area contributed by atoms with Gasteiger partial charge in [0.1, 0.15) is 0 Å². The Hall–Kier alpha value is -1.32. The Bertz CT molecular complexity index is 827. The van der Waals surface area contributed by atoms with Crippen molar-refractivity contribution in [3.63, 3.8) is 0 Å². The van der Waals surface area contributed by atoms with Gasteiger partial charge in [-0.2, -0.15) is 34.4 Å². The smallest absolute Gasteiger partial charge is 1.00 e. The average molecular weight is 479 g/mol. The molecule has 4 rings (SSSR count). The third-order valence-electron chi connectivity index (χ3n) is 4.07. The maximum absolute atomic E-state index is 5.30. The molecule has 0 radical (unpaired) electrons. The molecule has 5 heteroatoms. The van der Waals surface area contributed by atoms with Gasteiger partial charge in [-0.3, -0.25) is 0 Å². The third-order valence-corrected chi connectivity index (χ3v) is 4.07. The molecule has 2 unspecified atom stereocenters. The van der Waals surface area contributed by atoms with Crippen LogP contribution in [0, 0.1) is 24.0 Å². The van der Waals surface area contributed by atoms with Crippen LogP contribution >= 0.6 is 0 Å². The van der Waals surface area contributed by atoms with Crippen molar-refractivity contribution in [2.45, 2.75) is 41.5 Å². The fourth-order valence-electron chi connectivity index (χ4n) is 3.06. The van der Waals surface area contributed by atoms with Crippen LogP contribution in [0.15, 0.2) is 68.9 Å². The van der Waals surface area contributed by atoms with E-state index in [1.807, 2.05) is 24.3 Å². The Labute approximate surface area is 204 Å². The molecule has 0 aromatic carbocycles. The number of halogens is 2. The minimum absolute atomic E-state index is 0. The Morgan fingerprint density at radius 1 is 0.800 bits per heavy atom. The molecule has 2 aromatic rings. The minimum atomic E-state index is 0. The van der Waals surface area contributed by atoms with Gasteiger partial charge in [-0.15, -0.1) is 12.2 Å². The quantitative estimate of drug-likeness (QED) is 0.473. The predicted octanol–water partition coefficient (Wildman–Crippen LogP) is 0.878. The molecule has 2 nitrogen and oxygen atoms in total. The topological polar surface area (TPSA) is 26.3 Å². The van der Waals surface area contributed by atoms with Crippen molar-refractivity contribution in [2.75, 3.05) is 0 Å². The van der Waals surface area contributed by atoms with E-state index in [2.05, 4.69) is 85.8 Å². The number of allylic oxidation sites excluding steroid dienone is 8. The first kappa shape index (κ1) is 28.7. The normalized spacial score (nSPS) is 18.8. The zero-order valence-corrected chi connectivity index (χ0v) is 21.4. The monoisotopic (exact) mass is 478 g/mol. The summed E-state index contributed by atoms with van der Waals surface area (Å²) < 4.78 is 12.0. The fourth-order valence-corrected chi connectivity index (χ4v) is 3.06. The Balaban J connectivity index is 0.000000452. The first-order valence-corrected chi connectivity index (χ1v) is 10.3. The molecular formula is C25H28Cl2O2Ti-2. The molecule has 2 heterocycles. The zero-order chi connectivity index (χ0) is 20.7. The Morgan fingerprint density at radius 2 is 1.13 bits per heavy atom. The molecule has 2 atom stereocenters. The van der Waals surface area contributed by atoms with Crippen molar-refractivity contribution in [3.8, 4) is 0 Å². The average Bonchev–Trinajstić information content (AvgIpc) is 3.36. The van der Waals surface area contributed by atoms with Crippen LogP contribution in [0.1, 0.15) is 53.1 Å². The number of hydrogen-bond acceptors (Lipinski definition) is 2. The second-order valence-electron chi connectivity index (χ2n) is 7.27. The molecular weight excluding hydrogens is 451 g/mol. The van der Waals surface area contributed by atoms with Crippen molar-refractivity contribution >= 4 is 15.0 Å². The van der Waals surface area contributed by atoms with E-state index in [-0.39, 0.29) is 24.8 Å². The van der Waals surface area contributed by atoms with Gasteiger partial charge in [0.2, 0.25) is 0 Å². The molecule has 2 aliphatic rings. The first-order chi connectivity index (χ1) is 13.3. The molecule has 0 bridgehead atoms. The molecule has 2 aliphatic carbocycles. The van der Waals surface area contributed by atoms with E-state index in [1.54, 1.807) is 12.5 Å². The summed E-state index contributed by atoms with van der Waals surface area (Å²) in [5.41, 5.74) is 4.76. The standard InChI is InChI=1S/2C11H11O.C3H6.2ClH.Ti/c2*1-8-6-9(2)10(7-8)11-4-3-5-12-11;1-3-2;;;/h2*3-6,8H,1-2H3;1-2H3;2*1H;/q2*-1;;;;+2/p-2. The minimum Gasteiger partial charge on any atom is -1.00 e. The second kappa shape index (κ2) is 13.9. The summed E-state index contributed by atoms with van der Waals surface area (Å²) in [6.45, 7) is 12.6. The van der Waals surface area contributed by atoms with Gasteiger partial charge >= 0.3 is 37.6 Å². The van der Waals surface area contributed by atoms with Crippen LogP contribution in [-0.4, -0.2) is 3.81 Å². The van der Waals surface area contributed by atoms with E-state index in [1.165, 1.54) is 15.0 Å². The van der Waals surface area contributed by atoms with Crippen LogP contribution in [0.2, 0.25) is 0 Å². The van der Waals surface area contributed by atoms with Crippen LogP contribution in [0.3, 0.4) is 0 Å². The van der Waals surface area contributed by atoms with Gasteiger partial charge < -0.3 is 33.6 Å². The predicted molar refractivity (Wildman–Crippen MR) is 113 cm³/mol. The van der Waals surface area contributed by atoms with Gasteiger partial charge in [0.25, 0.3) is 0 Å². The zero-order valence-electron chi connectivity index (χ0n) is 18.3. The van der Waals surface area contributed by atoms with Crippen molar-refractivity contribution in [1.82, 2.24) is 0 Å². The van der Waals surface area contributed by atoms with E-state index in [9.17, 15) is 0 Å². The Morgan fingerprint density at radius 3 is 1.33 bits per heavy atom. The van der Waals surface area contributed by atoms with Crippen LogP contribution in [0.5, 0.6) is 0 Å². The van der Waals surface area contributed by atoms with Crippen molar-refractivity contribution in [1.29, 1.82) is 0 Å². The summed E-state index contributed by atoms with van der Waals surface area (Å²) >= 11 is 2.08. The third kappa shape index (κ3) is 8.82. The van der Waals surface area contributed by atoms with Gasteiger partial charge in [0.05, 0.1) is 12.5 Å². The van der Waals surface area contributed by atoms with Gasteiger partial charge in [-0.25, -0.2) is 0 Å². The van der Waals surface area contributed by atoms with Crippen LogP contribution in [0.4, 0.5) is 0 Å². The molecule has 0 fully saturated rings. The van der Waals surface area contributed by atoms with Gasteiger partial charge in [-0.1, -0.05) is 51.7 Å². The maximum atomic E-state index is 5.30. The van der Waals surface area contributed by atoms with Gasteiger partial charge in [0, 0.05) is 11.5 Å². The summed E-state index contributed by atoms with van der Waals surface area (Å²) in [5, 5.41) is 0. The number of furan rings is 2. The van der Waals surface area contributed by atoms with Crippen LogP contribution < -0.4 is 24.8 Å². The number of hydrogen-bond donors (Lipinski definition) is 0. The summed E-state index contributed by atoms with van der Waals surface area (Å²) in [5.74, 6) is 2.69. The summed E-state index contributed by atoms with van der Waals surface area (Å²) in [6.07, 6.45) is 14.4. The SMILES string of the molecule is CC1=CC(C)[C-]=C1c1ccco1.CC1=CC(C)[C-]=C1c1ccco1.C[C](C)=[Ti+2].[Cl-].[Cl-]. The molecule has 2 aromatic heterocycles. The van der Waals surface area contributed by atoms with Crippen molar-refractivity contribution in [2.24, 2.45) is 11.8 Å². The molecule has 0 saturated heterocycles. The fraction of sp³-hybridized carbons (Fsp3) is 0.320. The van der Waals surface area contributed by atoms with E-state index >= 15 is 0 Å². The van der Waals surface area contributed by atoms with E-state index in [0.717, 1.165) is 22.7 Å². The van der Waals surface area contributed by atoms with Crippen LogP contribution in [0.25, 0.3) is 11.1 Å². The molecule has 0 amide bonds. The summed E-state index contributed by atoms with van der Waals surface area (Å²) in [7, 11) is 0. The molecule has 0 aliphatic heterocycles. The van der Waals surface area contributed by atoms with E-state index in [4.69, 9.17) is 8.83 Å². The summed E-state index contributed by atoms with van der Waals surface area (Å²) in [4.78, 5) is 0. The molecule has 0 saturated carbocycles. The van der Waals surface area contributed by atoms with Crippen LogP contribution in [-0.2, 0) is 20.0 Å². The maximum Gasteiger partial charge on any atom is -1.00 e. The van der Waals surface area contributed by atoms with Gasteiger partial charge in [0.15, 0.2) is 0 Å².